The molecule has 0 aromatic carbocycles. The lowest BCUT2D eigenvalue weighted by molar-refractivity contribution is -0.172. The van der Waals surface area contributed by atoms with Crippen LogP contribution >= 0.6 is 0 Å². The van der Waals surface area contributed by atoms with Crippen molar-refractivity contribution in [2.24, 2.45) is 17.8 Å². The van der Waals surface area contributed by atoms with E-state index in [0.29, 0.717) is 12.3 Å². The van der Waals surface area contributed by atoms with Crippen LogP contribution in [0.5, 0.6) is 0 Å². The first-order valence-electron chi connectivity index (χ1n) is 8.55. The van der Waals surface area contributed by atoms with Gasteiger partial charge in [-0.1, -0.05) is 47.0 Å². The molecule has 0 aliphatic rings. The number of amides is 1. The number of nitrogens with one attached hydrogen (secondary N) is 1. The van der Waals surface area contributed by atoms with Crippen LogP contribution in [0.2, 0.25) is 0 Å². The van der Waals surface area contributed by atoms with E-state index in [0.717, 1.165) is 19.3 Å². The number of hydrogen-bond acceptors (Lipinski definition) is 5. The predicted octanol–water partition coefficient (Wildman–Crippen LogP) is 3.18. The van der Waals surface area contributed by atoms with Gasteiger partial charge in [0.1, 0.15) is 0 Å². The number of carboxylic acid groups (broad SMARTS) is 1. The van der Waals surface area contributed by atoms with Crippen LogP contribution in [0.3, 0.4) is 0 Å². The van der Waals surface area contributed by atoms with E-state index in [9.17, 15) is 19.5 Å². The molecule has 0 aliphatic heterocycles. The Morgan fingerprint density at radius 3 is 2.17 bits per heavy atom. The minimum absolute atomic E-state index is 0.0146. The first kappa shape index (κ1) is 22.2. The van der Waals surface area contributed by atoms with E-state index >= 15 is 0 Å². The molecule has 0 rings (SSSR count). The van der Waals surface area contributed by atoms with Crippen molar-refractivity contribution in [2.45, 2.75) is 66.6 Å². The van der Waals surface area contributed by atoms with Crippen LogP contribution < -0.4 is 5.32 Å². The zero-order valence-corrected chi connectivity index (χ0v) is 15.3. The number of carbonyl (C=O) groups excluding carboxylic acids is 2. The molecule has 0 aromatic rings. The predicted molar refractivity (Wildman–Crippen MR) is 89.3 cm³/mol. The van der Waals surface area contributed by atoms with Gasteiger partial charge >= 0.3 is 18.0 Å². The van der Waals surface area contributed by atoms with E-state index in [-0.39, 0.29) is 12.5 Å². The summed E-state index contributed by atoms with van der Waals surface area (Å²) in [7, 11) is 0. The Bertz CT molecular complexity index is 410. The normalized spacial score (nSPS) is 14.6. The second-order valence-electron chi connectivity index (χ2n) is 6.34. The fraction of sp³-hybridized carbons (Fsp3) is 0.824. The van der Waals surface area contributed by atoms with Gasteiger partial charge in [0.2, 0.25) is 0 Å². The van der Waals surface area contributed by atoms with Gasteiger partial charge in [0.25, 0.3) is 6.29 Å². The van der Waals surface area contributed by atoms with Crippen LogP contribution in [0.25, 0.3) is 0 Å². The third-order valence-corrected chi connectivity index (χ3v) is 3.78. The Kier molecular flexibility index (Phi) is 10.8. The second-order valence-corrected chi connectivity index (χ2v) is 6.34. The number of aliphatic carboxylic acids is 1. The Morgan fingerprint density at radius 2 is 1.75 bits per heavy atom. The summed E-state index contributed by atoms with van der Waals surface area (Å²) in [4.78, 5) is 34.2. The van der Waals surface area contributed by atoms with Crippen molar-refractivity contribution in [1.29, 1.82) is 0 Å². The number of ether oxygens (including phenoxy) is 2. The Balaban J connectivity index is 4.54. The first-order chi connectivity index (χ1) is 11.2. The Hall–Kier alpha value is -1.79. The quantitative estimate of drug-likeness (QED) is 0.440. The molecule has 0 saturated carbocycles. The highest BCUT2D eigenvalue weighted by Gasteiger charge is 2.25. The highest BCUT2D eigenvalue weighted by atomic mass is 16.7. The van der Waals surface area contributed by atoms with Gasteiger partial charge in [0.05, 0.1) is 5.92 Å². The largest absolute Gasteiger partial charge is 0.481 e. The van der Waals surface area contributed by atoms with Crippen molar-refractivity contribution in [3.63, 3.8) is 0 Å². The average molecular weight is 345 g/mol. The number of hydrogen-bond donors (Lipinski definition) is 2. The monoisotopic (exact) mass is 345 g/mol. The lowest BCUT2D eigenvalue weighted by atomic mass is 9.89. The molecule has 0 fully saturated rings. The van der Waals surface area contributed by atoms with Crippen LogP contribution in [0, 0.1) is 17.8 Å². The van der Waals surface area contributed by atoms with Gasteiger partial charge < -0.3 is 19.9 Å². The lowest BCUT2D eigenvalue weighted by Gasteiger charge is -2.22. The minimum Gasteiger partial charge on any atom is -0.481 e. The molecule has 7 nitrogen and oxygen atoms in total. The van der Waals surface area contributed by atoms with Gasteiger partial charge in [-0.25, -0.2) is 4.79 Å². The average Bonchev–Trinajstić information content (AvgIpc) is 2.48. The molecular weight excluding hydrogens is 314 g/mol. The molecule has 0 radical (unpaired) electrons. The molecule has 24 heavy (non-hydrogen) atoms. The molecule has 140 valence electrons. The SMILES string of the molecule is CCC[C@@H](CC)CC(CNC(=O)O[C@H](OC(C)=O)C(C)C)C(=O)O. The summed E-state index contributed by atoms with van der Waals surface area (Å²) in [5.74, 6) is -2.04. The zero-order valence-electron chi connectivity index (χ0n) is 15.3. The van der Waals surface area contributed by atoms with Crippen molar-refractivity contribution in [2.75, 3.05) is 6.54 Å². The zero-order chi connectivity index (χ0) is 18.7. The van der Waals surface area contributed by atoms with E-state index in [1.54, 1.807) is 13.8 Å². The fourth-order valence-electron chi connectivity index (χ4n) is 2.38. The maximum Gasteiger partial charge on any atom is 0.410 e. The second kappa shape index (κ2) is 11.7. The van der Waals surface area contributed by atoms with Crippen LogP contribution in [0.15, 0.2) is 0 Å². The van der Waals surface area contributed by atoms with E-state index < -0.39 is 30.2 Å². The number of esters is 1. The summed E-state index contributed by atoms with van der Waals surface area (Å²) in [6.45, 7) is 8.81. The van der Waals surface area contributed by atoms with E-state index in [2.05, 4.69) is 12.2 Å². The molecule has 0 saturated heterocycles. The molecular formula is C17H31NO6. The number of alkyl carbamates (subject to hydrolysis) is 1. The van der Waals surface area contributed by atoms with Crippen molar-refractivity contribution in [3.05, 3.63) is 0 Å². The van der Waals surface area contributed by atoms with E-state index in [1.807, 2.05) is 6.92 Å². The third kappa shape index (κ3) is 9.37. The summed E-state index contributed by atoms with van der Waals surface area (Å²) in [6, 6.07) is 0. The molecule has 0 aliphatic carbocycles. The third-order valence-electron chi connectivity index (χ3n) is 3.78. The van der Waals surface area contributed by atoms with Crippen LogP contribution in [0.4, 0.5) is 4.79 Å². The number of carboxylic acids is 1. The van der Waals surface area contributed by atoms with E-state index in [4.69, 9.17) is 9.47 Å². The van der Waals surface area contributed by atoms with Crippen LogP contribution in [-0.2, 0) is 19.1 Å². The molecule has 1 unspecified atom stereocenters. The molecule has 0 aromatic heterocycles. The highest BCUT2D eigenvalue weighted by Crippen LogP contribution is 2.21. The number of carbonyl (C=O) groups is 3. The van der Waals surface area contributed by atoms with Gasteiger partial charge in [-0.2, -0.15) is 0 Å². The van der Waals surface area contributed by atoms with Crippen molar-refractivity contribution in [1.82, 2.24) is 5.32 Å². The summed E-state index contributed by atoms with van der Waals surface area (Å²) in [6.07, 6.45) is 1.60. The topological polar surface area (TPSA) is 102 Å². The first-order valence-corrected chi connectivity index (χ1v) is 8.55. The minimum atomic E-state index is -0.991. The number of rotatable bonds is 11. The lowest BCUT2D eigenvalue weighted by Crippen LogP contribution is -2.38. The standard InChI is InChI=1S/C17H31NO6/c1-6-8-13(7-2)9-14(15(20)21)10-18-17(22)24-16(11(3)4)23-12(5)19/h11,13-14,16H,6-10H2,1-5H3,(H,18,22)(H,20,21)/t13-,14?,16+/m1/s1. The fourth-order valence-corrected chi connectivity index (χ4v) is 2.38. The molecule has 2 N–H and O–H groups in total. The van der Waals surface area contributed by atoms with Crippen LogP contribution in [-0.4, -0.2) is 36.0 Å². The maximum atomic E-state index is 11.8. The van der Waals surface area contributed by atoms with Crippen molar-refractivity contribution in [3.8, 4) is 0 Å². The Morgan fingerprint density at radius 1 is 1.12 bits per heavy atom. The summed E-state index contributed by atoms with van der Waals surface area (Å²) >= 11 is 0. The van der Waals surface area contributed by atoms with E-state index in [1.165, 1.54) is 6.92 Å². The van der Waals surface area contributed by atoms with Gasteiger partial charge in [-0.15, -0.1) is 0 Å². The van der Waals surface area contributed by atoms with Crippen molar-refractivity contribution < 1.29 is 29.0 Å². The van der Waals surface area contributed by atoms with Gasteiger partial charge in [0, 0.05) is 19.4 Å². The molecule has 7 heteroatoms. The smallest absolute Gasteiger partial charge is 0.410 e. The molecule has 0 bridgehead atoms. The van der Waals surface area contributed by atoms with Gasteiger partial charge in [-0.05, 0) is 12.3 Å². The molecule has 0 spiro atoms. The van der Waals surface area contributed by atoms with Gasteiger partial charge in [-0.3, -0.25) is 9.59 Å². The summed E-state index contributed by atoms with van der Waals surface area (Å²) < 4.78 is 9.96. The van der Waals surface area contributed by atoms with Crippen molar-refractivity contribution >= 4 is 18.0 Å². The molecule has 3 atom stereocenters. The van der Waals surface area contributed by atoms with Gasteiger partial charge in [0.15, 0.2) is 0 Å². The van der Waals surface area contributed by atoms with Crippen LogP contribution in [0.1, 0.15) is 60.3 Å². The summed E-state index contributed by atoms with van der Waals surface area (Å²) in [5, 5.41) is 11.8. The highest BCUT2D eigenvalue weighted by molar-refractivity contribution is 5.72. The molecule has 0 heterocycles. The summed E-state index contributed by atoms with van der Waals surface area (Å²) in [5.41, 5.74) is 0. The maximum absolute atomic E-state index is 11.8. The molecule has 1 amide bonds. The Labute approximate surface area is 144 Å².